The van der Waals surface area contributed by atoms with Gasteiger partial charge in [0.25, 0.3) is 0 Å². The zero-order valence-electron chi connectivity index (χ0n) is 48.3. The molecule has 0 aliphatic rings. The van der Waals surface area contributed by atoms with Gasteiger partial charge >= 0.3 is 19.8 Å². The van der Waals surface area contributed by atoms with E-state index >= 15 is 0 Å². The van der Waals surface area contributed by atoms with Gasteiger partial charge in [-0.05, 0) is 96.3 Å². The van der Waals surface area contributed by atoms with Crippen LogP contribution in [0.4, 0.5) is 0 Å². The second-order valence-electron chi connectivity index (χ2n) is 20.2. The van der Waals surface area contributed by atoms with Crippen LogP contribution in [-0.2, 0) is 32.7 Å². The molecule has 0 rings (SSSR count). The van der Waals surface area contributed by atoms with Gasteiger partial charge in [0.2, 0.25) is 0 Å². The Kier molecular flexibility index (Phi) is 57.7. The summed E-state index contributed by atoms with van der Waals surface area (Å²) in [7, 11) is -4.39. The van der Waals surface area contributed by atoms with Gasteiger partial charge in [0.05, 0.1) is 13.2 Å². The summed E-state index contributed by atoms with van der Waals surface area (Å²) in [5.41, 5.74) is 5.39. The van der Waals surface area contributed by atoms with Gasteiger partial charge in [0.1, 0.15) is 6.61 Å². The van der Waals surface area contributed by atoms with E-state index in [1.807, 2.05) is 0 Å². The monoisotopic (exact) mass is 1070 g/mol. The number of nitrogens with two attached hydrogens (primary N) is 1. The lowest BCUT2D eigenvalue weighted by Gasteiger charge is -2.19. The fraction of sp³-hybridized carbons (Fsp3) is 0.723. The molecule has 0 heterocycles. The highest BCUT2D eigenvalue weighted by molar-refractivity contribution is 7.47. The van der Waals surface area contributed by atoms with Crippen molar-refractivity contribution in [3.63, 3.8) is 0 Å². The van der Waals surface area contributed by atoms with Crippen molar-refractivity contribution in [3.05, 3.63) is 97.2 Å². The normalized spacial score (nSPS) is 13.7. The van der Waals surface area contributed by atoms with Crippen LogP contribution in [0, 0.1) is 0 Å². The number of ether oxygens (including phenoxy) is 2. The number of unbranched alkanes of at least 4 members (excludes halogenated alkanes) is 28. The van der Waals surface area contributed by atoms with Gasteiger partial charge in [-0.25, -0.2) is 4.57 Å². The first kappa shape index (κ1) is 71.9. The fourth-order valence-electron chi connectivity index (χ4n) is 8.44. The van der Waals surface area contributed by atoms with Crippen LogP contribution in [0.3, 0.4) is 0 Å². The zero-order chi connectivity index (χ0) is 54.5. The highest BCUT2D eigenvalue weighted by Gasteiger charge is 2.26. The van der Waals surface area contributed by atoms with E-state index in [1.165, 1.54) is 154 Å². The van der Waals surface area contributed by atoms with E-state index in [-0.39, 0.29) is 38.6 Å². The van der Waals surface area contributed by atoms with E-state index in [4.69, 9.17) is 24.3 Å². The molecule has 0 radical (unpaired) electrons. The molecule has 0 saturated heterocycles. The lowest BCUT2D eigenvalue weighted by molar-refractivity contribution is -0.161. The fourth-order valence-corrected chi connectivity index (χ4v) is 9.20. The van der Waals surface area contributed by atoms with E-state index in [0.717, 1.165) is 83.5 Å². The van der Waals surface area contributed by atoms with Crippen molar-refractivity contribution in [2.75, 3.05) is 26.4 Å². The summed E-state index contributed by atoms with van der Waals surface area (Å²) in [5, 5.41) is 0. The SMILES string of the molecule is CC/C=C\C/C=C\C/C=C\C/C=C\C/C=C\C/C=C\C/C=C\CCCCCCCCCCCCCCCC(=O)OC(COC(=O)CCCCCCCCCCC/C=C\CCCCCCCC)COP(=O)(O)OCCN. The van der Waals surface area contributed by atoms with E-state index in [0.29, 0.717) is 6.42 Å². The van der Waals surface area contributed by atoms with Crippen molar-refractivity contribution in [1.29, 1.82) is 0 Å². The predicted molar refractivity (Wildman–Crippen MR) is 321 cm³/mol. The number of carbonyl (C=O) groups is 2. The maximum Gasteiger partial charge on any atom is 0.472 e. The summed E-state index contributed by atoms with van der Waals surface area (Å²) in [6.07, 6.45) is 80.4. The van der Waals surface area contributed by atoms with Crippen molar-refractivity contribution in [2.45, 2.75) is 277 Å². The summed E-state index contributed by atoms with van der Waals surface area (Å²) in [6.45, 7) is 3.64. The predicted octanol–water partition coefficient (Wildman–Crippen LogP) is 19.6. The van der Waals surface area contributed by atoms with Gasteiger partial charge in [-0.15, -0.1) is 0 Å². The maximum absolute atomic E-state index is 12.7. The molecule has 2 unspecified atom stereocenters. The minimum atomic E-state index is -4.39. The molecule has 3 N–H and O–H groups in total. The summed E-state index contributed by atoms with van der Waals surface area (Å²) >= 11 is 0. The average molecular weight is 1070 g/mol. The van der Waals surface area contributed by atoms with Crippen LogP contribution in [0.25, 0.3) is 0 Å². The molecule has 432 valence electrons. The molecule has 0 bridgehead atoms. The van der Waals surface area contributed by atoms with Crippen LogP contribution in [0.15, 0.2) is 97.2 Å². The molecule has 0 spiro atoms. The topological polar surface area (TPSA) is 134 Å². The van der Waals surface area contributed by atoms with Gasteiger partial charge in [-0.2, -0.15) is 0 Å². The van der Waals surface area contributed by atoms with Gasteiger partial charge in [-0.1, -0.05) is 259 Å². The quantitative estimate of drug-likeness (QED) is 0.0264. The van der Waals surface area contributed by atoms with Crippen LogP contribution in [0.5, 0.6) is 0 Å². The highest BCUT2D eigenvalue weighted by atomic mass is 31.2. The molecule has 10 heteroatoms. The van der Waals surface area contributed by atoms with E-state index in [2.05, 4.69) is 111 Å². The highest BCUT2D eigenvalue weighted by Crippen LogP contribution is 2.43. The molecule has 9 nitrogen and oxygen atoms in total. The molecule has 0 aliphatic heterocycles. The maximum atomic E-state index is 12.7. The van der Waals surface area contributed by atoms with Gasteiger partial charge in [0, 0.05) is 19.4 Å². The minimum absolute atomic E-state index is 0.0503. The van der Waals surface area contributed by atoms with Crippen molar-refractivity contribution in [2.24, 2.45) is 5.73 Å². The number of phosphoric acid groups is 1. The second kappa shape index (κ2) is 60.2. The molecule has 0 aromatic heterocycles. The van der Waals surface area contributed by atoms with Crippen molar-refractivity contribution in [3.8, 4) is 0 Å². The Morgan fingerprint density at radius 1 is 0.413 bits per heavy atom. The van der Waals surface area contributed by atoms with Crippen molar-refractivity contribution >= 4 is 19.8 Å². The number of hydrogen-bond donors (Lipinski definition) is 2. The third-order valence-electron chi connectivity index (χ3n) is 13.0. The molecular formula is C65H114NO8P. The molecule has 0 aliphatic carbocycles. The van der Waals surface area contributed by atoms with Gasteiger partial charge in [-0.3, -0.25) is 18.6 Å². The number of rotatable bonds is 57. The zero-order valence-corrected chi connectivity index (χ0v) is 49.2. The molecule has 2 atom stereocenters. The summed E-state index contributed by atoms with van der Waals surface area (Å²) in [5.74, 6) is -0.828. The smallest absolute Gasteiger partial charge is 0.462 e. The van der Waals surface area contributed by atoms with Crippen LogP contribution in [0.1, 0.15) is 271 Å². The second-order valence-corrected chi connectivity index (χ2v) is 21.6. The number of esters is 2. The lowest BCUT2D eigenvalue weighted by Crippen LogP contribution is -2.29. The van der Waals surface area contributed by atoms with Crippen LogP contribution < -0.4 is 5.73 Å². The Labute approximate surface area is 461 Å². The number of hydrogen-bond acceptors (Lipinski definition) is 8. The summed E-state index contributed by atoms with van der Waals surface area (Å²) < 4.78 is 33.1. The Hall–Kier alpha value is -3.07. The van der Waals surface area contributed by atoms with E-state index in [9.17, 15) is 19.0 Å². The van der Waals surface area contributed by atoms with E-state index < -0.39 is 26.5 Å². The molecule has 0 aromatic rings. The largest absolute Gasteiger partial charge is 0.472 e. The number of carbonyl (C=O) groups excluding carboxylic acids is 2. The first-order valence-electron chi connectivity index (χ1n) is 30.7. The molecule has 75 heavy (non-hydrogen) atoms. The standard InChI is InChI=1S/C65H114NO8P/c1-3-5-7-9-11-13-15-17-19-21-23-24-25-26-27-28-29-30-31-32-33-34-35-36-37-38-40-42-44-46-48-50-52-54-56-58-65(68)74-63(62-73-75(69,70)72-60-59-66)61-71-64(67)57-55-53-51-49-47-45-43-41-39-22-20-18-16-14-12-10-8-6-4-2/h5,7,11,13,17-20,23-24,26-27,29-30,32-33,63H,3-4,6,8-10,12,14-16,21-22,25,28,31,34-62,66H2,1-2H3,(H,69,70)/b7-5-,13-11-,19-17-,20-18-,24-23-,27-26-,30-29-,33-32-. The van der Waals surface area contributed by atoms with Crippen molar-refractivity contribution < 1.29 is 37.6 Å². The Bertz CT molecular complexity index is 1550. The summed E-state index contributed by atoms with van der Waals surface area (Å²) in [4.78, 5) is 35.2. The third-order valence-corrected chi connectivity index (χ3v) is 13.9. The first-order chi connectivity index (χ1) is 36.8. The molecular weight excluding hydrogens is 954 g/mol. The lowest BCUT2D eigenvalue weighted by atomic mass is 10.0. The van der Waals surface area contributed by atoms with Crippen LogP contribution >= 0.6 is 7.82 Å². The van der Waals surface area contributed by atoms with Gasteiger partial charge in [0.15, 0.2) is 6.10 Å². The molecule has 0 amide bonds. The van der Waals surface area contributed by atoms with Crippen molar-refractivity contribution in [1.82, 2.24) is 0 Å². The summed E-state index contributed by atoms with van der Waals surface area (Å²) in [6, 6.07) is 0. The number of phosphoric ester groups is 1. The minimum Gasteiger partial charge on any atom is -0.462 e. The third kappa shape index (κ3) is 60.0. The molecule has 0 fully saturated rings. The number of allylic oxidation sites excluding steroid dienone is 16. The Balaban J connectivity index is 3.94. The van der Waals surface area contributed by atoms with E-state index in [1.54, 1.807) is 0 Å². The Morgan fingerprint density at radius 3 is 1.11 bits per heavy atom. The van der Waals surface area contributed by atoms with Crippen LogP contribution in [-0.4, -0.2) is 49.3 Å². The van der Waals surface area contributed by atoms with Crippen LogP contribution in [0.2, 0.25) is 0 Å². The molecule has 0 saturated carbocycles. The average Bonchev–Trinajstić information content (AvgIpc) is 3.40. The first-order valence-corrected chi connectivity index (χ1v) is 32.2. The van der Waals surface area contributed by atoms with Gasteiger partial charge < -0.3 is 20.1 Å². The molecule has 0 aromatic carbocycles. The Morgan fingerprint density at radius 2 is 0.733 bits per heavy atom.